The summed E-state index contributed by atoms with van der Waals surface area (Å²) in [6, 6.07) is 7.95. The Bertz CT molecular complexity index is 502. The number of benzene rings is 1. The first-order valence-electron chi connectivity index (χ1n) is 8.53. The number of carbonyl (C=O) groups is 1. The SMILES string of the molecule is CCNC(=NCCCCSC)NCCc1ccc(NC(C)=O)cc1. The zero-order chi connectivity index (χ0) is 17.6. The van der Waals surface area contributed by atoms with E-state index in [9.17, 15) is 4.79 Å². The molecule has 1 rings (SSSR count). The highest BCUT2D eigenvalue weighted by Crippen LogP contribution is 2.09. The molecule has 0 aromatic heterocycles. The summed E-state index contributed by atoms with van der Waals surface area (Å²) in [6.45, 7) is 6.14. The Hall–Kier alpha value is -1.69. The summed E-state index contributed by atoms with van der Waals surface area (Å²) in [5.41, 5.74) is 2.06. The van der Waals surface area contributed by atoms with E-state index in [1.165, 1.54) is 24.7 Å². The quantitative estimate of drug-likeness (QED) is 0.345. The van der Waals surface area contributed by atoms with E-state index < -0.39 is 0 Å². The summed E-state index contributed by atoms with van der Waals surface area (Å²) < 4.78 is 0. The van der Waals surface area contributed by atoms with Gasteiger partial charge in [-0.1, -0.05) is 12.1 Å². The molecule has 5 nitrogen and oxygen atoms in total. The van der Waals surface area contributed by atoms with Crippen LogP contribution in [0, 0.1) is 0 Å². The number of nitrogens with zero attached hydrogens (tertiary/aromatic N) is 1. The second-order valence-electron chi connectivity index (χ2n) is 5.52. The molecule has 1 amide bonds. The number of hydrogen-bond donors (Lipinski definition) is 3. The summed E-state index contributed by atoms with van der Waals surface area (Å²) in [5.74, 6) is 2.04. The van der Waals surface area contributed by atoms with Gasteiger partial charge in [0.1, 0.15) is 0 Å². The van der Waals surface area contributed by atoms with Gasteiger partial charge in [0.2, 0.25) is 5.91 Å². The van der Waals surface area contributed by atoms with Gasteiger partial charge in [-0.25, -0.2) is 0 Å². The molecule has 0 bridgehead atoms. The Balaban J connectivity index is 2.35. The van der Waals surface area contributed by atoms with Crippen molar-refractivity contribution in [2.45, 2.75) is 33.1 Å². The van der Waals surface area contributed by atoms with Crippen molar-refractivity contribution in [3.8, 4) is 0 Å². The van der Waals surface area contributed by atoms with Crippen LogP contribution in [-0.2, 0) is 11.2 Å². The third kappa shape index (κ3) is 9.45. The predicted molar refractivity (Wildman–Crippen MR) is 106 cm³/mol. The van der Waals surface area contributed by atoms with Crippen molar-refractivity contribution in [1.82, 2.24) is 10.6 Å². The predicted octanol–water partition coefficient (Wildman–Crippen LogP) is 2.89. The van der Waals surface area contributed by atoms with Crippen LogP contribution in [0.25, 0.3) is 0 Å². The minimum atomic E-state index is -0.0477. The molecule has 24 heavy (non-hydrogen) atoms. The van der Waals surface area contributed by atoms with E-state index in [1.807, 2.05) is 36.0 Å². The highest BCUT2D eigenvalue weighted by atomic mass is 32.2. The van der Waals surface area contributed by atoms with Crippen LogP contribution in [0.4, 0.5) is 5.69 Å². The van der Waals surface area contributed by atoms with Crippen LogP contribution in [-0.4, -0.2) is 43.5 Å². The molecular formula is C18H30N4OS. The van der Waals surface area contributed by atoms with Crippen LogP contribution < -0.4 is 16.0 Å². The van der Waals surface area contributed by atoms with E-state index in [0.717, 1.165) is 44.1 Å². The fraction of sp³-hybridized carbons (Fsp3) is 0.556. The molecule has 0 aliphatic rings. The van der Waals surface area contributed by atoms with Gasteiger partial charge in [-0.05, 0) is 55.9 Å². The Morgan fingerprint density at radius 2 is 1.92 bits per heavy atom. The maximum atomic E-state index is 11.0. The van der Waals surface area contributed by atoms with Crippen molar-refractivity contribution < 1.29 is 4.79 Å². The summed E-state index contributed by atoms with van der Waals surface area (Å²) in [4.78, 5) is 15.6. The fourth-order valence-corrected chi connectivity index (χ4v) is 2.67. The normalized spacial score (nSPS) is 11.2. The topological polar surface area (TPSA) is 65.5 Å². The minimum absolute atomic E-state index is 0.0477. The number of nitrogens with one attached hydrogen (secondary N) is 3. The molecule has 0 aliphatic carbocycles. The molecule has 0 aliphatic heterocycles. The Morgan fingerprint density at radius 1 is 1.17 bits per heavy atom. The Kier molecular flexibility index (Phi) is 10.8. The number of rotatable bonds is 10. The molecule has 0 radical (unpaired) electrons. The number of guanidine groups is 1. The van der Waals surface area contributed by atoms with Gasteiger partial charge >= 0.3 is 0 Å². The first kappa shape index (κ1) is 20.4. The van der Waals surface area contributed by atoms with Crippen molar-refractivity contribution in [2.24, 2.45) is 4.99 Å². The molecule has 1 aromatic rings. The Labute approximate surface area is 150 Å². The molecule has 0 unspecified atom stereocenters. The van der Waals surface area contributed by atoms with Gasteiger partial charge in [-0.15, -0.1) is 0 Å². The molecular weight excluding hydrogens is 320 g/mol. The van der Waals surface area contributed by atoms with Crippen LogP contribution >= 0.6 is 11.8 Å². The third-order valence-corrected chi connectivity index (χ3v) is 4.05. The largest absolute Gasteiger partial charge is 0.357 e. The first-order chi connectivity index (χ1) is 11.7. The number of thioether (sulfide) groups is 1. The number of carbonyl (C=O) groups excluding carboxylic acids is 1. The second kappa shape index (κ2) is 12.7. The highest BCUT2D eigenvalue weighted by Gasteiger charge is 1.99. The second-order valence-corrected chi connectivity index (χ2v) is 6.50. The van der Waals surface area contributed by atoms with Crippen LogP contribution in [0.5, 0.6) is 0 Å². The lowest BCUT2D eigenvalue weighted by Gasteiger charge is -2.11. The standard InChI is InChI=1S/C18H30N4OS/c1-4-19-18(20-12-5-6-14-24-3)21-13-11-16-7-9-17(10-8-16)22-15(2)23/h7-10H,4-6,11-14H2,1-3H3,(H,22,23)(H2,19,20,21). The maximum absolute atomic E-state index is 11.0. The lowest BCUT2D eigenvalue weighted by molar-refractivity contribution is -0.114. The average Bonchev–Trinajstić information content (AvgIpc) is 2.55. The maximum Gasteiger partial charge on any atom is 0.221 e. The van der Waals surface area contributed by atoms with Crippen LogP contribution in [0.2, 0.25) is 0 Å². The molecule has 3 N–H and O–H groups in total. The molecule has 0 saturated carbocycles. The van der Waals surface area contributed by atoms with Crippen LogP contribution in [0.3, 0.4) is 0 Å². The van der Waals surface area contributed by atoms with Crippen molar-refractivity contribution in [1.29, 1.82) is 0 Å². The van der Waals surface area contributed by atoms with Crippen LogP contribution in [0.1, 0.15) is 32.3 Å². The van der Waals surface area contributed by atoms with Gasteiger partial charge < -0.3 is 16.0 Å². The van der Waals surface area contributed by atoms with Crippen LogP contribution in [0.15, 0.2) is 29.3 Å². The lowest BCUT2D eigenvalue weighted by atomic mass is 10.1. The smallest absolute Gasteiger partial charge is 0.221 e. The minimum Gasteiger partial charge on any atom is -0.357 e. The highest BCUT2D eigenvalue weighted by molar-refractivity contribution is 7.98. The zero-order valence-electron chi connectivity index (χ0n) is 15.0. The number of anilines is 1. The molecule has 134 valence electrons. The number of unbranched alkanes of at least 4 members (excludes halogenated alkanes) is 1. The van der Waals surface area contributed by atoms with Gasteiger partial charge in [0.25, 0.3) is 0 Å². The molecule has 0 saturated heterocycles. The summed E-state index contributed by atoms with van der Waals surface area (Å²) in [5, 5.41) is 9.42. The first-order valence-corrected chi connectivity index (χ1v) is 9.92. The average molecular weight is 351 g/mol. The summed E-state index contributed by atoms with van der Waals surface area (Å²) >= 11 is 1.88. The van der Waals surface area contributed by atoms with E-state index >= 15 is 0 Å². The molecule has 0 heterocycles. The van der Waals surface area contributed by atoms with E-state index in [2.05, 4.69) is 34.1 Å². The molecule has 1 aromatic carbocycles. The summed E-state index contributed by atoms with van der Waals surface area (Å²) in [6.07, 6.45) is 5.39. The van der Waals surface area contributed by atoms with Crippen molar-refractivity contribution in [3.05, 3.63) is 29.8 Å². The fourth-order valence-electron chi connectivity index (χ4n) is 2.17. The zero-order valence-corrected chi connectivity index (χ0v) is 15.8. The molecule has 6 heteroatoms. The van der Waals surface area contributed by atoms with Gasteiger partial charge in [-0.2, -0.15) is 11.8 Å². The van der Waals surface area contributed by atoms with Crippen molar-refractivity contribution in [2.75, 3.05) is 37.0 Å². The molecule has 0 fully saturated rings. The van der Waals surface area contributed by atoms with E-state index in [1.54, 1.807) is 0 Å². The molecule has 0 spiro atoms. The van der Waals surface area contributed by atoms with Gasteiger partial charge in [0, 0.05) is 32.2 Å². The van der Waals surface area contributed by atoms with Crippen molar-refractivity contribution in [3.63, 3.8) is 0 Å². The summed E-state index contributed by atoms with van der Waals surface area (Å²) in [7, 11) is 0. The number of hydrogen-bond acceptors (Lipinski definition) is 3. The van der Waals surface area contributed by atoms with Gasteiger partial charge in [-0.3, -0.25) is 9.79 Å². The molecule has 0 atom stereocenters. The Morgan fingerprint density at radius 3 is 2.54 bits per heavy atom. The number of aliphatic imine (C=N–C) groups is 1. The monoisotopic (exact) mass is 350 g/mol. The van der Waals surface area contributed by atoms with E-state index in [-0.39, 0.29) is 5.91 Å². The third-order valence-electron chi connectivity index (χ3n) is 3.35. The lowest BCUT2D eigenvalue weighted by Crippen LogP contribution is -2.38. The van der Waals surface area contributed by atoms with Crippen molar-refractivity contribution >= 4 is 29.3 Å². The number of amides is 1. The van der Waals surface area contributed by atoms with E-state index in [4.69, 9.17) is 0 Å². The van der Waals surface area contributed by atoms with Gasteiger partial charge in [0.15, 0.2) is 5.96 Å². The van der Waals surface area contributed by atoms with E-state index in [0.29, 0.717) is 0 Å². The van der Waals surface area contributed by atoms with Gasteiger partial charge in [0.05, 0.1) is 0 Å².